The lowest BCUT2D eigenvalue weighted by atomic mass is 9.88. The second-order valence-electron chi connectivity index (χ2n) is 6.27. The van der Waals surface area contributed by atoms with Gasteiger partial charge in [-0.1, -0.05) is 0 Å². The Labute approximate surface area is 118 Å². The lowest BCUT2D eigenvalue weighted by Gasteiger charge is -2.22. The van der Waals surface area contributed by atoms with Crippen LogP contribution in [-0.2, 0) is 29.0 Å². The fraction of sp³-hybridized carbons (Fsp3) is 0.714. The van der Waals surface area contributed by atoms with E-state index in [2.05, 4.69) is 9.78 Å². The van der Waals surface area contributed by atoms with E-state index in [1.807, 2.05) is 0 Å². The molecule has 0 aliphatic rings. The van der Waals surface area contributed by atoms with Crippen molar-refractivity contribution in [3.63, 3.8) is 0 Å². The molecule has 0 rings (SSSR count). The van der Waals surface area contributed by atoms with E-state index in [4.69, 9.17) is 0 Å². The van der Waals surface area contributed by atoms with E-state index in [0.29, 0.717) is 0 Å². The number of Topliss-reactive ketones (excluding diaryl/α,β-unsaturated/α-hetero) is 2. The maximum Gasteiger partial charge on any atom is 0.361 e. The lowest BCUT2D eigenvalue weighted by Crippen LogP contribution is -2.33. The first-order valence-electron chi connectivity index (χ1n) is 6.31. The SMILES string of the molecule is CC(=O)CC(C)(C)C(=O)OOC(=O)C(C)(C)CC(C)=O. The number of carbonyl (C=O) groups is 4. The Bertz CT molecular complexity index is 379. The number of rotatable bonds is 6. The molecule has 0 heterocycles. The Morgan fingerprint density at radius 3 is 1.15 bits per heavy atom. The van der Waals surface area contributed by atoms with Crippen molar-refractivity contribution >= 4 is 23.5 Å². The summed E-state index contributed by atoms with van der Waals surface area (Å²) in [6.07, 6.45) is -0.0273. The summed E-state index contributed by atoms with van der Waals surface area (Å²) in [7, 11) is 0. The maximum atomic E-state index is 11.7. The van der Waals surface area contributed by atoms with Crippen molar-refractivity contribution < 1.29 is 29.0 Å². The largest absolute Gasteiger partial charge is 0.361 e. The average Bonchev–Trinajstić information content (AvgIpc) is 2.21. The van der Waals surface area contributed by atoms with Crippen molar-refractivity contribution in [1.29, 1.82) is 0 Å². The minimum atomic E-state index is -1.07. The summed E-state index contributed by atoms with van der Waals surface area (Å²) < 4.78 is 0. The minimum absolute atomic E-state index is 0.0137. The Morgan fingerprint density at radius 2 is 0.950 bits per heavy atom. The van der Waals surface area contributed by atoms with Crippen molar-refractivity contribution in [3.05, 3.63) is 0 Å². The third kappa shape index (κ3) is 5.95. The summed E-state index contributed by atoms with van der Waals surface area (Å²) >= 11 is 0. The molecule has 0 aromatic rings. The Morgan fingerprint density at radius 1 is 0.700 bits per heavy atom. The van der Waals surface area contributed by atoms with Crippen LogP contribution in [0, 0.1) is 10.8 Å². The molecular weight excluding hydrogens is 264 g/mol. The monoisotopic (exact) mass is 286 g/mol. The summed E-state index contributed by atoms with van der Waals surface area (Å²) in [4.78, 5) is 54.5. The normalized spacial score (nSPS) is 11.7. The highest BCUT2D eigenvalue weighted by Crippen LogP contribution is 2.25. The van der Waals surface area contributed by atoms with Gasteiger partial charge in [0.1, 0.15) is 11.6 Å². The molecule has 0 radical (unpaired) electrons. The van der Waals surface area contributed by atoms with Crippen LogP contribution in [-0.4, -0.2) is 23.5 Å². The molecule has 0 aromatic heterocycles. The van der Waals surface area contributed by atoms with E-state index in [1.54, 1.807) is 0 Å². The van der Waals surface area contributed by atoms with Crippen LogP contribution < -0.4 is 0 Å². The molecule has 114 valence electrons. The van der Waals surface area contributed by atoms with Gasteiger partial charge in [-0.05, 0) is 41.5 Å². The molecule has 0 atom stereocenters. The first kappa shape index (κ1) is 18.3. The van der Waals surface area contributed by atoms with E-state index >= 15 is 0 Å². The highest BCUT2D eigenvalue weighted by Gasteiger charge is 2.36. The quantitative estimate of drug-likeness (QED) is 0.548. The van der Waals surface area contributed by atoms with Crippen LogP contribution in [0.4, 0.5) is 0 Å². The molecule has 0 saturated carbocycles. The number of carbonyl (C=O) groups excluding carboxylic acids is 4. The van der Waals surface area contributed by atoms with Crippen LogP contribution in [0.3, 0.4) is 0 Å². The van der Waals surface area contributed by atoms with Gasteiger partial charge in [0, 0.05) is 12.8 Å². The van der Waals surface area contributed by atoms with Crippen LogP contribution in [0.5, 0.6) is 0 Å². The van der Waals surface area contributed by atoms with Gasteiger partial charge in [0.2, 0.25) is 0 Å². The highest BCUT2D eigenvalue weighted by atomic mass is 17.2. The van der Waals surface area contributed by atoms with Crippen LogP contribution in [0.2, 0.25) is 0 Å². The van der Waals surface area contributed by atoms with Gasteiger partial charge in [0.15, 0.2) is 0 Å². The van der Waals surface area contributed by atoms with Crippen molar-refractivity contribution in [2.45, 2.75) is 54.4 Å². The van der Waals surface area contributed by atoms with Gasteiger partial charge in [0.05, 0.1) is 10.8 Å². The van der Waals surface area contributed by atoms with Gasteiger partial charge in [0.25, 0.3) is 0 Å². The van der Waals surface area contributed by atoms with Gasteiger partial charge in [-0.3, -0.25) is 9.59 Å². The molecular formula is C14H22O6. The van der Waals surface area contributed by atoms with Gasteiger partial charge in [-0.2, -0.15) is 0 Å². The van der Waals surface area contributed by atoms with Crippen molar-refractivity contribution in [3.8, 4) is 0 Å². The molecule has 0 spiro atoms. The summed E-state index contributed by atoms with van der Waals surface area (Å²) in [6, 6.07) is 0. The highest BCUT2D eigenvalue weighted by molar-refractivity contribution is 5.87. The predicted octanol–water partition coefficient (Wildman–Crippen LogP) is 2.00. The summed E-state index contributed by atoms with van der Waals surface area (Å²) in [6.45, 7) is 8.79. The average molecular weight is 286 g/mol. The number of hydrogen-bond acceptors (Lipinski definition) is 6. The zero-order valence-electron chi connectivity index (χ0n) is 12.9. The van der Waals surface area contributed by atoms with Gasteiger partial charge >= 0.3 is 11.9 Å². The molecule has 0 amide bonds. The van der Waals surface area contributed by atoms with Crippen LogP contribution in [0.25, 0.3) is 0 Å². The molecule has 0 aromatic carbocycles. The maximum absolute atomic E-state index is 11.7. The fourth-order valence-corrected chi connectivity index (χ4v) is 1.69. The predicted molar refractivity (Wildman–Crippen MR) is 70.3 cm³/mol. The summed E-state index contributed by atoms with van der Waals surface area (Å²) in [5, 5.41) is 0. The van der Waals surface area contributed by atoms with Crippen molar-refractivity contribution in [2.75, 3.05) is 0 Å². The van der Waals surface area contributed by atoms with Crippen LogP contribution in [0.1, 0.15) is 54.4 Å². The molecule has 0 aliphatic heterocycles. The molecule has 6 nitrogen and oxygen atoms in total. The molecule has 6 heteroatoms. The minimum Gasteiger partial charge on any atom is -0.300 e. The molecule has 20 heavy (non-hydrogen) atoms. The topological polar surface area (TPSA) is 86.7 Å². The summed E-state index contributed by atoms with van der Waals surface area (Å²) in [5.41, 5.74) is -2.15. The fourth-order valence-electron chi connectivity index (χ4n) is 1.69. The Kier molecular flexibility index (Phi) is 6.06. The van der Waals surface area contributed by atoms with E-state index in [1.165, 1.54) is 41.5 Å². The lowest BCUT2D eigenvalue weighted by molar-refractivity contribution is -0.271. The standard InChI is InChI=1S/C14H22O6/c1-9(15)7-13(3,4)11(17)19-20-12(18)14(5,6)8-10(2)16/h7-8H2,1-6H3. The van der Waals surface area contributed by atoms with E-state index < -0.39 is 22.8 Å². The first-order chi connectivity index (χ1) is 8.88. The zero-order chi connectivity index (χ0) is 16.1. The molecule has 0 aliphatic carbocycles. The van der Waals surface area contributed by atoms with Crippen molar-refractivity contribution in [1.82, 2.24) is 0 Å². The Hall–Kier alpha value is -1.72. The molecule has 0 bridgehead atoms. The Balaban J connectivity index is 4.55. The molecule has 0 saturated heterocycles. The second kappa shape index (κ2) is 6.63. The number of hydrogen-bond donors (Lipinski definition) is 0. The number of ketones is 2. The van der Waals surface area contributed by atoms with Crippen LogP contribution in [0.15, 0.2) is 0 Å². The van der Waals surface area contributed by atoms with E-state index in [9.17, 15) is 19.2 Å². The summed E-state index contributed by atoms with van der Waals surface area (Å²) in [5.74, 6) is -1.95. The van der Waals surface area contributed by atoms with Gasteiger partial charge in [-0.15, -0.1) is 0 Å². The smallest absolute Gasteiger partial charge is 0.300 e. The van der Waals surface area contributed by atoms with Crippen molar-refractivity contribution in [2.24, 2.45) is 10.8 Å². The van der Waals surface area contributed by atoms with Gasteiger partial charge in [-0.25, -0.2) is 19.4 Å². The van der Waals surface area contributed by atoms with E-state index in [0.717, 1.165) is 0 Å². The second-order valence-corrected chi connectivity index (χ2v) is 6.27. The molecule has 0 N–H and O–H groups in total. The molecule has 0 fully saturated rings. The third-order valence-corrected chi connectivity index (χ3v) is 2.68. The first-order valence-corrected chi connectivity index (χ1v) is 6.31. The zero-order valence-corrected chi connectivity index (χ0v) is 12.9. The van der Waals surface area contributed by atoms with Crippen LogP contribution >= 0.6 is 0 Å². The van der Waals surface area contributed by atoms with E-state index in [-0.39, 0.29) is 24.4 Å². The third-order valence-electron chi connectivity index (χ3n) is 2.68. The van der Waals surface area contributed by atoms with Gasteiger partial charge < -0.3 is 0 Å². The molecule has 0 unspecified atom stereocenters.